The quantitative estimate of drug-likeness (QED) is 0.856. The van der Waals surface area contributed by atoms with Gasteiger partial charge in [-0.05, 0) is 42.8 Å². The molecule has 0 spiro atoms. The van der Waals surface area contributed by atoms with E-state index in [-0.39, 0.29) is 11.4 Å². The van der Waals surface area contributed by atoms with E-state index in [1.165, 1.54) is 12.1 Å². The summed E-state index contributed by atoms with van der Waals surface area (Å²) in [7, 11) is -4.16. The summed E-state index contributed by atoms with van der Waals surface area (Å²) in [5.41, 5.74) is 5.86. The number of hydrogen-bond donors (Lipinski definition) is 2. The van der Waals surface area contributed by atoms with E-state index in [1.54, 1.807) is 6.92 Å². The molecule has 0 radical (unpaired) electrons. The lowest BCUT2D eigenvalue weighted by atomic mass is 10.2. The Kier molecular flexibility index (Phi) is 3.63. The molecule has 0 heterocycles. The van der Waals surface area contributed by atoms with Crippen LogP contribution in [0.15, 0.2) is 41.3 Å². The Balaban J connectivity index is 2.46. The second-order valence-electron chi connectivity index (χ2n) is 4.27. The number of nitrogen functional groups attached to an aromatic ring is 1. The number of halogens is 2. The third-order valence-electron chi connectivity index (χ3n) is 2.63. The number of sulfonamides is 1. The molecular weight excluding hydrogens is 286 g/mol. The van der Waals surface area contributed by atoms with E-state index in [1.807, 2.05) is 0 Å². The minimum Gasteiger partial charge on any atom is -0.398 e. The molecule has 0 saturated heterocycles. The van der Waals surface area contributed by atoms with E-state index >= 15 is 0 Å². The summed E-state index contributed by atoms with van der Waals surface area (Å²) in [4.78, 5) is -0.432. The minimum absolute atomic E-state index is 0.119. The molecule has 2 aromatic rings. The van der Waals surface area contributed by atoms with Gasteiger partial charge in [0.05, 0.1) is 11.4 Å². The largest absolute Gasteiger partial charge is 0.398 e. The molecule has 7 heteroatoms. The van der Waals surface area contributed by atoms with Crippen molar-refractivity contribution in [1.82, 2.24) is 0 Å². The molecule has 0 aromatic heterocycles. The van der Waals surface area contributed by atoms with Gasteiger partial charge in [-0.3, -0.25) is 4.72 Å². The SMILES string of the molecule is Cc1ccc(F)c(NS(=O)(=O)c2cc(F)ccc2N)c1. The van der Waals surface area contributed by atoms with Crippen LogP contribution in [0.1, 0.15) is 5.56 Å². The van der Waals surface area contributed by atoms with Gasteiger partial charge in [0, 0.05) is 0 Å². The zero-order chi connectivity index (χ0) is 14.9. The summed E-state index contributed by atoms with van der Waals surface area (Å²) >= 11 is 0. The topological polar surface area (TPSA) is 72.2 Å². The Labute approximate surface area is 115 Å². The number of nitrogens with two attached hydrogens (primary N) is 1. The molecule has 0 aliphatic rings. The van der Waals surface area contributed by atoms with Crippen LogP contribution in [0.5, 0.6) is 0 Å². The van der Waals surface area contributed by atoms with Crippen molar-refractivity contribution in [3.63, 3.8) is 0 Å². The van der Waals surface area contributed by atoms with Crippen LogP contribution in [0.3, 0.4) is 0 Å². The fourth-order valence-corrected chi connectivity index (χ4v) is 2.86. The first-order valence-electron chi connectivity index (χ1n) is 5.63. The number of aryl methyl sites for hydroxylation is 1. The summed E-state index contributed by atoms with van der Waals surface area (Å²) in [6.07, 6.45) is 0. The number of nitrogens with one attached hydrogen (secondary N) is 1. The number of rotatable bonds is 3. The summed E-state index contributed by atoms with van der Waals surface area (Å²) < 4.78 is 53.0. The van der Waals surface area contributed by atoms with Gasteiger partial charge in [-0.1, -0.05) is 6.07 Å². The van der Waals surface area contributed by atoms with Gasteiger partial charge in [-0.2, -0.15) is 0 Å². The summed E-state index contributed by atoms with van der Waals surface area (Å²) in [5.74, 6) is -1.47. The Morgan fingerprint density at radius 3 is 2.50 bits per heavy atom. The Morgan fingerprint density at radius 2 is 1.80 bits per heavy atom. The normalized spacial score (nSPS) is 11.3. The molecule has 4 nitrogen and oxygen atoms in total. The van der Waals surface area contributed by atoms with Gasteiger partial charge < -0.3 is 5.73 Å². The highest BCUT2D eigenvalue weighted by Crippen LogP contribution is 2.24. The van der Waals surface area contributed by atoms with Crippen LogP contribution in [0, 0.1) is 18.6 Å². The van der Waals surface area contributed by atoms with Gasteiger partial charge in [0.1, 0.15) is 16.5 Å². The molecule has 0 unspecified atom stereocenters. The van der Waals surface area contributed by atoms with Crippen molar-refractivity contribution < 1.29 is 17.2 Å². The average molecular weight is 298 g/mol. The zero-order valence-corrected chi connectivity index (χ0v) is 11.3. The maximum Gasteiger partial charge on any atom is 0.264 e. The third-order valence-corrected chi connectivity index (χ3v) is 4.05. The summed E-state index contributed by atoms with van der Waals surface area (Å²) in [6, 6.07) is 6.94. The Bertz CT molecular complexity index is 761. The van der Waals surface area contributed by atoms with Crippen molar-refractivity contribution in [2.45, 2.75) is 11.8 Å². The van der Waals surface area contributed by atoms with Crippen molar-refractivity contribution in [3.8, 4) is 0 Å². The Hall–Kier alpha value is -2.15. The highest BCUT2D eigenvalue weighted by atomic mass is 32.2. The van der Waals surface area contributed by atoms with Crippen molar-refractivity contribution >= 4 is 21.4 Å². The van der Waals surface area contributed by atoms with Crippen LogP contribution < -0.4 is 10.5 Å². The molecule has 106 valence electrons. The lowest BCUT2D eigenvalue weighted by molar-refractivity contribution is 0.594. The van der Waals surface area contributed by atoms with Crippen LogP contribution in [0.25, 0.3) is 0 Å². The van der Waals surface area contributed by atoms with Crippen LogP contribution in [-0.2, 0) is 10.0 Å². The molecule has 2 aromatic carbocycles. The van der Waals surface area contributed by atoms with Gasteiger partial charge in [0.15, 0.2) is 0 Å². The number of benzene rings is 2. The van der Waals surface area contributed by atoms with E-state index in [4.69, 9.17) is 5.73 Å². The summed E-state index contributed by atoms with van der Waals surface area (Å²) in [6.45, 7) is 1.69. The number of anilines is 2. The van der Waals surface area contributed by atoms with Crippen molar-refractivity contribution in [2.75, 3.05) is 10.5 Å². The van der Waals surface area contributed by atoms with Gasteiger partial charge in [-0.25, -0.2) is 17.2 Å². The predicted octanol–water partition coefficient (Wildman–Crippen LogP) is 2.66. The standard InChI is InChI=1S/C13H12F2N2O2S/c1-8-2-4-10(15)12(6-8)17-20(18,19)13-7-9(14)3-5-11(13)16/h2-7,17H,16H2,1H3. The van der Waals surface area contributed by atoms with Gasteiger partial charge in [0.2, 0.25) is 0 Å². The molecule has 2 rings (SSSR count). The molecular formula is C13H12F2N2O2S. The predicted molar refractivity (Wildman–Crippen MR) is 72.8 cm³/mol. The second kappa shape index (κ2) is 5.09. The lowest BCUT2D eigenvalue weighted by Gasteiger charge is -2.11. The van der Waals surface area contributed by atoms with Crippen LogP contribution in [-0.4, -0.2) is 8.42 Å². The molecule has 0 bridgehead atoms. The monoisotopic (exact) mass is 298 g/mol. The molecule has 3 N–H and O–H groups in total. The van der Waals surface area contributed by atoms with Crippen molar-refractivity contribution in [3.05, 3.63) is 53.6 Å². The van der Waals surface area contributed by atoms with Crippen molar-refractivity contribution in [2.24, 2.45) is 0 Å². The maximum absolute atomic E-state index is 13.6. The maximum atomic E-state index is 13.6. The second-order valence-corrected chi connectivity index (χ2v) is 5.92. The zero-order valence-electron chi connectivity index (χ0n) is 10.5. The summed E-state index contributed by atoms with van der Waals surface area (Å²) in [5, 5.41) is 0. The van der Waals surface area contributed by atoms with E-state index in [0.717, 1.165) is 24.3 Å². The van der Waals surface area contributed by atoms with E-state index < -0.39 is 26.6 Å². The molecule has 0 aliphatic carbocycles. The van der Waals surface area contributed by atoms with Gasteiger partial charge in [0.25, 0.3) is 10.0 Å². The van der Waals surface area contributed by atoms with E-state index in [0.29, 0.717) is 5.56 Å². The fraction of sp³-hybridized carbons (Fsp3) is 0.0769. The van der Waals surface area contributed by atoms with E-state index in [9.17, 15) is 17.2 Å². The molecule has 0 amide bonds. The highest BCUT2D eigenvalue weighted by molar-refractivity contribution is 7.92. The molecule has 0 fully saturated rings. The highest BCUT2D eigenvalue weighted by Gasteiger charge is 2.20. The van der Waals surface area contributed by atoms with Crippen LogP contribution in [0.2, 0.25) is 0 Å². The van der Waals surface area contributed by atoms with Crippen LogP contribution >= 0.6 is 0 Å². The first-order chi connectivity index (χ1) is 9.29. The van der Waals surface area contributed by atoms with E-state index in [2.05, 4.69) is 4.72 Å². The Morgan fingerprint density at radius 1 is 1.10 bits per heavy atom. The smallest absolute Gasteiger partial charge is 0.264 e. The third kappa shape index (κ3) is 2.88. The van der Waals surface area contributed by atoms with Crippen molar-refractivity contribution in [1.29, 1.82) is 0 Å². The molecule has 20 heavy (non-hydrogen) atoms. The van der Waals surface area contributed by atoms with Gasteiger partial charge >= 0.3 is 0 Å². The minimum atomic E-state index is -4.16. The first-order valence-corrected chi connectivity index (χ1v) is 7.12. The average Bonchev–Trinajstić information content (AvgIpc) is 2.36. The molecule has 0 atom stereocenters. The van der Waals surface area contributed by atoms with Crippen LogP contribution in [0.4, 0.5) is 20.2 Å². The lowest BCUT2D eigenvalue weighted by Crippen LogP contribution is -2.16. The molecule has 0 saturated carbocycles. The number of hydrogen-bond acceptors (Lipinski definition) is 3. The fourth-order valence-electron chi connectivity index (χ4n) is 1.66. The van der Waals surface area contributed by atoms with Gasteiger partial charge in [-0.15, -0.1) is 0 Å². The molecule has 0 aliphatic heterocycles. The first kappa shape index (κ1) is 14.3.